The fourth-order valence-electron chi connectivity index (χ4n) is 3.52. The van der Waals surface area contributed by atoms with Crippen LogP contribution in [0, 0.1) is 0 Å². The Morgan fingerprint density at radius 1 is 1.23 bits per heavy atom. The topological polar surface area (TPSA) is 123 Å². The number of allylic oxidation sites excluding steroid dienone is 1. The van der Waals surface area contributed by atoms with Gasteiger partial charge >= 0.3 is 0 Å². The monoisotopic (exact) mass is 418 g/mol. The van der Waals surface area contributed by atoms with Crippen LogP contribution < -0.4 is 25.6 Å². The summed E-state index contributed by atoms with van der Waals surface area (Å²) in [6, 6.07) is 9.52. The number of nitrogens with zero attached hydrogens (tertiary/aromatic N) is 4. The van der Waals surface area contributed by atoms with Crippen LogP contribution >= 0.6 is 0 Å². The molecule has 0 spiro atoms. The van der Waals surface area contributed by atoms with Crippen molar-refractivity contribution in [2.75, 3.05) is 24.9 Å². The Balaban J connectivity index is 1.82. The Bertz CT molecular complexity index is 1190. The molecule has 0 saturated carbocycles. The van der Waals surface area contributed by atoms with Gasteiger partial charge in [-0.3, -0.25) is 4.79 Å². The molecule has 2 heterocycles. The van der Waals surface area contributed by atoms with Gasteiger partial charge in [0, 0.05) is 5.70 Å². The summed E-state index contributed by atoms with van der Waals surface area (Å²) in [6.45, 7) is 1.75. The maximum Gasteiger partial charge on any atom is 0.255 e. The Kier molecular flexibility index (Phi) is 5.24. The number of fused-ring (bicyclic) bond motifs is 1. The molecule has 2 aromatic carbocycles. The van der Waals surface area contributed by atoms with Gasteiger partial charge in [-0.15, -0.1) is 0 Å². The van der Waals surface area contributed by atoms with Crippen LogP contribution in [0.15, 0.2) is 47.7 Å². The van der Waals surface area contributed by atoms with E-state index in [1.54, 1.807) is 37.3 Å². The Morgan fingerprint density at radius 2 is 1.97 bits per heavy atom. The zero-order chi connectivity index (χ0) is 22.1. The van der Waals surface area contributed by atoms with Crippen molar-refractivity contribution in [2.45, 2.75) is 13.0 Å². The normalized spacial score (nSPS) is 15.1. The van der Waals surface area contributed by atoms with Crippen molar-refractivity contribution in [2.24, 2.45) is 0 Å². The van der Waals surface area contributed by atoms with Gasteiger partial charge in [0.05, 0.1) is 25.5 Å². The van der Waals surface area contributed by atoms with E-state index in [2.05, 4.69) is 26.2 Å². The maximum atomic E-state index is 13.4. The van der Waals surface area contributed by atoms with Crippen LogP contribution in [0.3, 0.4) is 0 Å². The van der Waals surface area contributed by atoms with E-state index < -0.39 is 6.04 Å². The third-order valence-corrected chi connectivity index (χ3v) is 4.98. The first-order valence-corrected chi connectivity index (χ1v) is 9.31. The molecule has 31 heavy (non-hydrogen) atoms. The summed E-state index contributed by atoms with van der Waals surface area (Å²) in [5, 5.41) is 27.8. The molecule has 1 unspecified atom stereocenters. The average molecular weight is 418 g/mol. The second-order valence-electron chi connectivity index (χ2n) is 6.83. The number of nitrogens with one attached hydrogen (secondary N) is 2. The van der Waals surface area contributed by atoms with E-state index >= 15 is 0 Å². The minimum absolute atomic E-state index is 0.102. The smallest absolute Gasteiger partial charge is 0.255 e. The van der Waals surface area contributed by atoms with Crippen molar-refractivity contribution in [1.29, 1.82) is 0 Å². The molecule has 0 fully saturated rings. The predicted octanol–water partition coefficient (Wildman–Crippen LogP) is 1.12. The van der Waals surface area contributed by atoms with Crippen LogP contribution in [-0.2, 0) is 4.79 Å². The standard InChI is InChI=1S/C20H19BN6O4/c1-10-16(19(29)23-13-6-4-5-7-14(13)30-2)17(27-20(22-10)24-25-26-27)11-8-12(21)18(28)15(9-11)31-3/h4-9,17,28H,1-3H3,(H,23,29)(H,22,24,26). The molecule has 1 aliphatic rings. The van der Waals surface area contributed by atoms with Gasteiger partial charge in [0.1, 0.15) is 25.4 Å². The lowest BCUT2D eigenvalue weighted by Crippen LogP contribution is -2.32. The Labute approximate surface area is 179 Å². The van der Waals surface area contributed by atoms with Crippen LogP contribution in [0.25, 0.3) is 0 Å². The number of aromatic nitrogens is 4. The van der Waals surface area contributed by atoms with Crippen LogP contribution in [0.2, 0.25) is 0 Å². The molecule has 11 heteroatoms. The number of para-hydroxylation sites is 2. The first-order valence-electron chi connectivity index (χ1n) is 9.31. The first kappa shape index (κ1) is 20.3. The predicted molar refractivity (Wildman–Crippen MR) is 114 cm³/mol. The number of tetrazole rings is 1. The third kappa shape index (κ3) is 3.54. The number of phenolic OH excluding ortho intramolecular Hbond substituents is 1. The number of carbonyl (C=O) groups excluding carboxylic acids is 1. The molecule has 156 valence electrons. The lowest BCUT2D eigenvalue weighted by Gasteiger charge is -2.28. The van der Waals surface area contributed by atoms with Crippen LogP contribution in [0.5, 0.6) is 17.2 Å². The summed E-state index contributed by atoms with van der Waals surface area (Å²) < 4.78 is 12.0. The zero-order valence-electron chi connectivity index (χ0n) is 17.1. The molecule has 0 aliphatic carbocycles. The van der Waals surface area contributed by atoms with E-state index in [-0.39, 0.29) is 22.9 Å². The van der Waals surface area contributed by atoms with Gasteiger partial charge in [-0.05, 0) is 41.1 Å². The number of aromatic hydroxyl groups is 1. The number of methoxy groups -OCH3 is 2. The highest BCUT2D eigenvalue weighted by atomic mass is 16.5. The Hall–Kier alpha value is -4.02. The van der Waals surface area contributed by atoms with Gasteiger partial charge in [-0.25, -0.2) is 0 Å². The highest BCUT2D eigenvalue weighted by molar-refractivity contribution is 6.34. The minimum Gasteiger partial charge on any atom is -0.505 e. The van der Waals surface area contributed by atoms with Gasteiger partial charge in [-0.1, -0.05) is 28.8 Å². The maximum absolute atomic E-state index is 13.4. The number of hydrogen-bond donors (Lipinski definition) is 3. The van der Waals surface area contributed by atoms with E-state index in [1.807, 2.05) is 6.07 Å². The number of anilines is 2. The number of amides is 1. The first-order chi connectivity index (χ1) is 14.9. The summed E-state index contributed by atoms with van der Waals surface area (Å²) in [7, 11) is 8.92. The molecule has 1 amide bonds. The summed E-state index contributed by atoms with van der Waals surface area (Å²) in [4.78, 5) is 13.4. The van der Waals surface area contributed by atoms with E-state index in [0.29, 0.717) is 34.2 Å². The average Bonchev–Trinajstić information content (AvgIpc) is 3.22. The summed E-state index contributed by atoms with van der Waals surface area (Å²) >= 11 is 0. The zero-order valence-corrected chi connectivity index (χ0v) is 17.1. The summed E-state index contributed by atoms with van der Waals surface area (Å²) in [6.07, 6.45) is 0. The molecular formula is C20H19BN6O4. The molecule has 0 saturated heterocycles. The fourth-order valence-corrected chi connectivity index (χ4v) is 3.52. The molecule has 0 bridgehead atoms. The number of hydrogen-bond acceptors (Lipinski definition) is 8. The minimum atomic E-state index is -0.724. The number of phenols is 1. The second kappa shape index (κ2) is 8.02. The van der Waals surface area contributed by atoms with Gasteiger partial charge in [0.15, 0.2) is 5.75 Å². The molecule has 1 aliphatic heterocycles. The number of rotatable bonds is 5. The summed E-state index contributed by atoms with van der Waals surface area (Å²) in [5.41, 5.74) is 2.10. The quantitative estimate of drug-likeness (QED) is 0.527. The lowest BCUT2D eigenvalue weighted by molar-refractivity contribution is -0.113. The van der Waals surface area contributed by atoms with Crippen molar-refractivity contribution in [3.8, 4) is 17.2 Å². The van der Waals surface area contributed by atoms with Gasteiger partial charge in [0.2, 0.25) is 5.95 Å². The number of ether oxygens (including phenoxy) is 2. The highest BCUT2D eigenvalue weighted by Crippen LogP contribution is 2.38. The molecule has 3 N–H and O–H groups in total. The largest absolute Gasteiger partial charge is 0.505 e. The van der Waals surface area contributed by atoms with Crippen molar-refractivity contribution in [1.82, 2.24) is 20.2 Å². The molecule has 1 aromatic heterocycles. The van der Waals surface area contributed by atoms with Crippen LogP contribution in [0.4, 0.5) is 11.6 Å². The lowest BCUT2D eigenvalue weighted by atomic mass is 9.87. The van der Waals surface area contributed by atoms with E-state index in [9.17, 15) is 9.90 Å². The van der Waals surface area contributed by atoms with Gasteiger partial charge in [-0.2, -0.15) is 4.68 Å². The van der Waals surface area contributed by atoms with Gasteiger partial charge < -0.3 is 25.2 Å². The molecule has 2 radical (unpaired) electrons. The third-order valence-electron chi connectivity index (χ3n) is 4.98. The van der Waals surface area contributed by atoms with Crippen molar-refractivity contribution >= 4 is 30.9 Å². The molecule has 1 atom stereocenters. The van der Waals surface area contributed by atoms with E-state index in [4.69, 9.17) is 17.3 Å². The number of carbonyl (C=O) groups is 1. The fraction of sp³-hybridized carbons (Fsp3) is 0.200. The van der Waals surface area contributed by atoms with Crippen molar-refractivity contribution in [3.05, 3.63) is 53.2 Å². The molecule has 10 nitrogen and oxygen atoms in total. The highest BCUT2D eigenvalue weighted by Gasteiger charge is 2.35. The van der Waals surface area contributed by atoms with E-state index in [0.717, 1.165) is 0 Å². The number of benzene rings is 2. The van der Waals surface area contributed by atoms with Crippen molar-refractivity contribution < 1.29 is 19.4 Å². The molecule has 4 rings (SSSR count). The van der Waals surface area contributed by atoms with E-state index in [1.165, 1.54) is 18.9 Å². The molecular weight excluding hydrogens is 399 g/mol. The van der Waals surface area contributed by atoms with Gasteiger partial charge in [0.25, 0.3) is 5.91 Å². The van der Waals surface area contributed by atoms with Crippen LogP contribution in [0.1, 0.15) is 18.5 Å². The molecule has 3 aromatic rings. The second-order valence-corrected chi connectivity index (χ2v) is 6.83. The Morgan fingerprint density at radius 3 is 2.71 bits per heavy atom. The summed E-state index contributed by atoms with van der Waals surface area (Å²) in [5.74, 6) is 0.490. The van der Waals surface area contributed by atoms with Crippen molar-refractivity contribution in [3.63, 3.8) is 0 Å². The SMILES string of the molecule is [B]c1cc(C2C(C(=O)Nc3ccccc3OC)=C(C)Nc3nnnn32)cc(OC)c1O. The van der Waals surface area contributed by atoms with Crippen LogP contribution in [-0.4, -0.2) is 53.3 Å².